The minimum atomic E-state index is 0.861. The Morgan fingerprint density at radius 1 is 1.70 bits per heavy atom. The van der Waals surface area contributed by atoms with E-state index in [1.54, 1.807) is 0 Å². The van der Waals surface area contributed by atoms with E-state index < -0.39 is 0 Å². The number of hydrogen-bond donors (Lipinski definition) is 2. The van der Waals surface area contributed by atoms with E-state index >= 15 is 0 Å². The number of aromatic nitrogens is 2. The van der Waals surface area contributed by atoms with Crippen LogP contribution in [0.3, 0.4) is 0 Å². The van der Waals surface area contributed by atoms with E-state index in [2.05, 4.69) is 10.4 Å². The van der Waals surface area contributed by atoms with Gasteiger partial charge in [0.05, 0.1) is 11.9 Å². The molecule has 4 heteroatoms. The fourth-order valence-electron chi connectivity index (χ4n) is 1.25. The second kappa shape index (κ2) is 1.98. The van der Waals surface area contributed by atoms with Crippen LogP contribution in [0, 0.1) is 0 Å². The first-order valence-electron chi connectivity index (χ1n) is 3.39. The zero-order chi connectivity index (χ0) is 6.97. The van der Waals surface area contributed by atoms with Crippen LogP contribution in [-0.2, 0) is 13.0 Å². The van der Waals surface area contributed by atoms with E-state index in [1.165, 1.54) is 10.4 Å². The second-order valence-electron chi connectivity index (χ2n) is 2.51. The molecule has 2 heterocycles. The lowest BCUT2D eigenvalue weighted by Gasteiger charge is -2.09. The Morgan fingerprint density at radius 3 is 3.40 bits per heavy atom. The summed E-state index contributed by atoms with van der Waals surface area (Å²) in [5, 5.41) is 7.31. The lowest BCUT2D eigenvalue weighted by molar-refractivity contribution is 0.628. The van der Waals surface area contributed by atoms with Crippen molar-refractivity contribution in [2.24, 2.45) is 0 Å². The number of fused-ring (bicyclic) bond motifs is 1. The maximum atomic E-state index is 5.44. The number of nitrogens with zero attached hydrogens (tertiary/aromatic N) is 2. The van der Waals surface area contributed by atoms with Crippen LogP contribution in [0.25, 0.3) is 0 Å². The molecule has 1 aromatic heterocycles. The molecule has 10 heavy (non-hydrogen) atoms. The quantitative estimate of drug-likeness (QED) is 0.463. The van der Waals surface area contributed by atoms with Gasteiger partial charge in [0.15, 0.2) is 0 Å². The van der Waals surface area contributed by atoms with Crippen molar-refractivity contribution in [2.45, 2.75) is 13.0 Å². The number of hydrogen-bond acceptors (Lipinski definition) is 3. The molecule has 1 aliphatic rings. The predicted molar refractivity (Wildman–Crippen MR) is 37.8 cm³/mol. The molecule has 0 saturated carbocycles. The highest BCUT2D eigenvalue weighted by molar-refractivity contribution is 5.19. The maximum Gasteiger partial charge on any atom is 0.0815 e. The first-order valence-corrected chi connectivity index (χ1v) is 3.39. The zero-order valence-corrected chi connectivity index (χ0v) is 5.67. The van der Waals surface area contributed by atoms with Gasteiger partial charge in [0, 0.05) is 6.54 Å². The van der Waals surface area contributed by atoms with Gasteiger partial charge in [-0.05, 0) is 18.5 Å². The molecule has 1 aliphatic heterocycles. The fourth-order valence-corrected chi connectivity index (χ4v) is 1.25. The van der Waals surface area contributed by atoms with Crippen LogP contribution < -0.4 is 11.2 Å². The summed E-state index contributed by atoms with van der Waals surface area (Å²) in [6, 6.07) is 0. The Labute approximate surface area is 59.0 Å². The molecule has 1 aromatic rings. The predicted octanol–water partition coefficient (Wildman–Crippen LogP) is -0.757. The molecule has 0 spiro atoms. The molecule has 2 rings (SSSR count). The van der Waals surface area contributed by atoms with Gasteiger partial charge in [-0.1, -0.05) is 0 Å². The normalized spacial score (nSPS) is 16.8. The summed E-state index contributed by atoms with van der Waals surface area (Å²) in [4.78, 5) is 1.39. The first-order chi connectivity index (χ1) is 4.86. The van der Waals surface area contributed by atoms with Gasteiger partial charge in [0.25, 0.3) is 0 Å². The van der Waals surface area contributed by atoms with Crippen molar-refractivity contribution in [3.8, 4) is 0 Å². The smallest absolute Gasteiger partial charge is 0.0815 e. The third-order valence-electron chi connectivity index (χ3n) is 1.76. The molecule has 0 unspecified atom stereocenters. The molecule has 0 radical (unpaired) electrons. The van der Waals surface area contributed by atoms with Crippen LogP contribution in [0.15, 0.2) is 6.20 Å². The van der Waals surface area contributed by atoms with Crippen LogP contribution in [0.5, 0.6) is 0 Å². The van der Waals surface area contributed by atoms with Crippen LogP contribution in [0.1, 0.15) is 11.3 Å². The summed E-state index contributed by atoms with van der Waals surface area (Å²) >= 11 is 0. The third-order valence-corrected chi connectivity index (χ3v) is 1.76. The molecule has 0 fully saturated rings. The Hall–Kier alpha value is -1.03. The van der Waals surface area contributed by atoms with E-state index in [1.807, 2.05) is 6.20 Å². The number of rotatable bonds is 0. The number of nitrogen functional groups attached to an aromatic ring is 1. The highest BCUT2D eigenvalue weighted by Gasteiger charge is 2.11. The van der Waals surface area contributed by atoms with Gasteiger partial charge in [-0.25, -0.2) is 0 Å². The number of nitrogens with one attached hydrogen (secondary N) is 1. The SMILES string of the molecule is Nn1cc2c(n1)CNCC2. The highest BCUT2D eigenvalue weighted by Crippen LogP contribution is 2.09. The molecular formula is C6H10N4. The number of nitrogens with two attached hydrogens (primary N) is 1. The Kier molecular flexibility index (Phi) is 1.14. The van der Waals surface area contributed by atoms with Crippen LogP contribution >= 0.6 is 0 Å². The van der Waals surface area contributed by atoms with Gasteiger partial charge in [-0.3, -0.25) is 0 Å². The van der Waals surface area contributed by atoms with Crippen molar-refractivity contribution in [3.05, 3.63) is 17.5 Å². The van der Waals surface area contributed by atoms with Gasteiger partial charge in [-0.15, -0.1) is 0 Å². The summed E-state index contributed by atoms with van der Waals surface area (Å²) in [5.74, 6) is 5.44. The van der Waals surface area contributed by atoms with Crippen molar-refractivity contribution in [3.63, 3.8) is 0 Å². The van der Waals surface area contributed by atoms with Crippen molar-refractivity contribution in [1.82, 2.24) is 15.2 Å². The molecule has 4 nitrogen and oxygen atoms in total. The van der Waals surface area contributed by atoms with E-state index in [0.717, 1.165) is 25.2 Å². The Bertz CT molecular complexity index is 216. The minimum Gasteiger partial charge on any atom is -0.323 e. The topological polar surface area (TPSA) is 55.9 Å². The molecule has 0 atom stereocenters. The molecule has 0 aliphatic carbocycles. The minimum absolute atomic E-state index is 0.861. The first kappa shape index (κ1) is 5.73. The average Bonchev–Trinajstić information content (AvgIpc) is 2.27. The molecule has 54 valence electrons. The Balaban J connectivity index is 2.41. The zero-order valence-electron chi connectivity index (χ0n) is 5.67. The van der Waals surface area contributed by atoms with Crippen molar-refractivity contribution < 1.29 is 0 Å². The van der Waals surface area contributed by atoms with Crippen molar-refractivity contribution in [1.29, 1.82) is 0 Å². The molecule has 0 bridgehead atoms. The summed E-state index contributed by atoms with van der Waals surface area (Å²) in [7, 11) is 0. The summed E-state index contributed by atoms with van der Waals surface area (Å²) in [6.07, 6.45) is 2.93. The summed E-state index contributed by atoms with van der Waals surface area (Å²) in [5.41, 5.74) is 2.37. The molecule has 3 N–H and O–H groups in total. The van der Waals surface area contributed by atoms with Gasteiger partial charge < -0.3 is 11.2 Å². The standard InChI is InChI=1S/C6H10N4/c7-10-4-5-1-2-8-3-6(5)9-10/h4,8H,1-3,7H2. The van der Waals surface area contributed by atoms with Gasteiger partial charge in [-0.2, -0.15) is 9.89 Å². The molecular weight excluding hydrogens is 128 g/mol. The Morgan fingerprint density at radius 2 is 2.60 bits per heavy atom. The van der Waals surface area contributed by atoms with Crippen LogP contribution in [0.2, 0.25) is 0 Å². The van der Waals surface area contributed by atoms with Crippen molar-refractivity contribution >= 4 is 0 Å². The molecule has 0 amide bonds. The maximum absolute atomic E-state index is 5.44. The van der Waals surface area contributed by atoms with Gasteiger partial charge in [0.1, 0.15) is 0 Å². The summed E-state index contributed by atoms with van der Waals surface area (Å²) in [6.45, 7) is 1.90. The van der Waals surface area contributed by atoms with Gasteiger partial charge in [0.2, 0.25) is 0 Å². The average molecular weight is 138 g/mol. The fraction of sp³-hybridized carbons (Fsp3) is 0.500. The monoisotopic (exact) mass is 138 g/mol. The lowest BCUT2D eigenvalue weighted by Crippen LogP contribution is -2.23. The van der Waals surface area contributed by atoms with Crippen LogP contribution in [0.4, 0.5) is 0 Å². The molecule has 0 saturated heterocycles. The second-order valence-corrected chi connectivity index (χ2v) is 2.51. The lowest BCUT2D eigenvalue weighted by atomic mass is 10.1. The summed E-state index contributed by atoms with van der Waals surface area (Å²) < 4.78 is 0. The van der Waals surface area contributed by atoms with E-state index in [-0.39, 0.29) is 0 Å². The largest absolute Gasteiger partial charge is 0.323 e. The third kappa shape index (κ3) is 0.769. The van der Waals surface area contributed by atoms with E-state index in [9.17, 15) is 0 Å². The van der Waals surface area contributed by atoms with Crippen LogP contribution in [-0.4, -0.2) is 16.4 Å². The van der Waals surface area contributed by atoms with Gasteiger partial charge >= 0.3 is 0 Å². The highest BCUT2D eigenvalue weighted by atomic mass is 15.5. The van der Waals surface area contributed by atoms with E-state index in [0.29, 0.717) is 0 Å². The molecule has 0 aromatic carbocycles. The van der Waals surface area contributed by atoms with Crippen molar-refractivity contribution in [2.75, 3.05) is 12.4 Å². The van der Waals surface area contributed by atoms with E-state index in [4.69, 9.17) is 5.84 Å².